The van der Waals surface area contributed by atoms with Crippen LogP contribution in [-0.4, -0.2) is 30.8 Å². The Hall–Kier alpha value is -0.370. The Morgan fingerprint density at radius 3 is 3.00 bits per heavy atom. The van der Waals surface area contributed by atoms with E-state index in [0.29, 0.717) is 5.92 Å². The molecule has 0 amide bonds. The molecule has 12 heavy (non-hydrogen) atoms. The van der Waals surface area contributed by atoms with Crippen LogP contribution in [0.25, 0.3) is 0 Å². The van der Waals surface area contributed by atoms with E-state index < -0.39 is 0 Å². The van der Waals surface area contributed by atoms with Gasteiger partial charge < -0.3 is 9.69 Å². The normalized spacial score (nSPS) is 27.3. The zero-order valence-electron chi connectivity index (χ0n) is 8.12. The van der Waals surface area contributed by atoms with Crippen molar-refractivity contribution in [1.29, 1.82) is 0 Å². The Morgan fingerprint density at radius 2 is 2.42 bits per heavy atom. The van der Waals surface area contributed by atoms with Crippen molar-refractivity contribution in [2.75, 3.05) is 19.6 Å². The van der Waals surface area contributed by atoms with Crippen molar-refractivity contribution < 1.29 is 4.79 Å². The van der Waals surface area contributed by atoms with Gasteiger partial charge in [-0.1, -0.05) is 13.8 Å². The molecule has 1 rings (SSSR count). The minimum atomic E-state index is 0.256. The van der Waals surface area contributed by atoms with Crippen molar-refractivity contribution in [3.8, 4) is 0 Å². The van der Waals surface area contributed by atoms with E-state index in [0.717, 1.165) is 12.8 Å². The first-order valence-corrected chi connectivity index (χ1v) is 4.95. The molecule has 0 bridgehead atoms. The molecule has 1 aliphatic rings. The van der Waals surface area contributed by atoms with Crippen LogP contribution in [0.1, 0.15) is 26.7 Å². The number of carbonyl (C=O) groups is 1. The first-order valence-electron chi connectivity index (χ1n) is 4.95. The number of hydrogen-bond acceptors (Lipinski definition) is 2. The van der Waals surface area contributed by atoms with Crippen LogP contribution in [0.5, 0.6) is 0 Å². The van der Waals surface area contributed by atoms with Crippen molar-refractivity contribution >= 4 is 6.29 Å². The molecule has 0 aliphatic carbocycles. The predicted octanol–water partition coefficient (Wildman–Crippen LogP) is 1.55. The van der Waals surface area contributed by atoms with Crippen LogP contribution >= 0.6 is 0 Å². The van der Waals surface area contributed by atoms with E-state index in [9.17, 15) is 4.79 Å². The van der Waals surface area contributed by atoms with E-state index >= 15 is 0 Å². The Kier molecular flexibility index (Phi) is 3.73. The number of rotatable bonds is 4. The Labute approximate surface area is 74.9 Å². The lowest BCUT2D eigenvalue weighted by atomic mass is 9.95. The van der Waals surface area contributed by atoms with Gasteiger partial charge in [0.25, 0.3) is 0 Å². The minimum absolute atomic E-state index is 0.256. The fraction of sp³-hybridized carbons (Fsp3) is 0.900. The summed E-state index contributed by atoms with van der Waals surface area (Å²) in [5.41, 5.74) is 0. The molecule has 2 unspecified atom stereocenters. The number of likely N-dealkylation sites (tertiary alicyclic amines) is 1. The molecule has 2 nitrogen and oxygen atoms in total. The largest absolute Gasteiger partial charge is 0.303 e. The summed E-state index contributed by atoms with van der Waals surface area (Å²) in [6, 6.07) is 0. The van der Waals surface area contributed by atoms with Crippen molar-refractivity contribution in [3.63, 3.8) is 0 Å². The Bertz CT molecular complexity index is 147. The summed E-state index contributed by atoms with van der Waals surface area (Å²) in [6.07, 6.45) is 3.53. The molecule has 0 radical (unpaired) electrons. The quantitative estimate of drug-likeness (QED) is 0.595. The zero-order chi connectivity index (χ0) is 8.97. The molecule has 1 saturated heterocycles. The third-order valence-corrected chi connectivity index (χ3v) is 2.81. The minimum Gasteiger partial charge on any atom is -0.303 e. The summed E-state index contributed by atoms with van der Waals surface area (Å²) in [4.78, 5) is 13.0. The molecule has 0 aromatic heterocycles. The SMILES string of the molecule is CCCN1CCC(C(C)C=O)C1. The highest BCUT2D eigenvalue weighted by molar-refractivity contribution is 5.53. The van der Waals surface area contributed by atoms with E-state index in [4.69, 9.17) is 0 Å². The zero-order valence-corrected chi connectivity index (χ0v) is 8.12. The maximum absolute atomic E-state index is 10.5. The molecular formula is C10H19NO. The fourth-order valence-corrected chi connectivity index (χ4v) is 1.92. The highest BCUT2D eigenvalue weighted by Crippen LogP contribution is 2.22. The molecule has 0 aromatic rings. The van der Waals surface area contributed by atoms with Crippen molar-refractivity contribution in [1.82, 2.24) is 4.90 Å². The molecule has 70 valence electrons. The topological polar surface area (TPSA) is 20.3 Å². The number of nitrogens with zero attached hydrogens (tertiary/aromatic N) is 1. The highest BCUT2D eigenvalue weighted by atomic mass is 16.1. The summed E-state index contributed by atoms with van der Waals surface area (Å²) in [6.45, 7) is 7.76. The molecule has 1 fully saturated rings. The first kappa shape index (κ1) is 9.72. The van der Waals surface area contributed by atoms with Gasteiger partial charge >= 0.3 is 0 Å². The van der Waals surface area contributed by atoms with E-state index in [1.54, 1.807) is 0 Å². The lowest BCUT2D eigenvalue weighted by Crippen LogP contribution is -2.23. The van der Waals surface area contributed by atoms with Crippen LogP contribution in [-0.2, 0) is 4.79 Å². The van der Waals surface area contributed by atoms with Crippen LogP contribution in [0.2, 0.25) is 0 Å². The van der Waals surface area contributed by atoms with E-state index in [1.165, 1.54) is 25.9 Å². The van der Waals surface area contributed by atoms with Crippen molar-refractivity contribution in [2.45, 2.75) is 26.7 Å². The summed E-state index contributed by atoms with van der Waals surface area (Å²) in [5, 5.41) is 0. The van der Waals surface area contributed by atoms with Gasteiger partial charge in [0.1, 0.15) is 6.29 Å². The van der Waals surface area contributed by atoms with Gasteiger partial charge in [0.05, 0.1) is 0 Å². The van der Waals surface area contributed by atoms with Crippen LogP contribution in [0.4, 0.5) is 0 Å². The smallest absolute Gasteiger partial charge is 0.123 e. The number of aldehydes is 1. The highest BCUT2D eigenvalue weighted by Gasteiger charge is 2.25. The predicted molar refractivity (Wildman–Crippen MR) is 50.1 cm³/mol. The Morgan fingerprint density at radius 1 is 1.67 bits per heavy atom. The van der Waals surface area contributed by atoms with Gasteiger partial charge in [0, 0.05) is 12.5 Å². The van der Waals surface area contributed by atoms with Crippen molar-refractivity contribution in [2.24, 2.45) is 11.8 Å². The Balaban J connectivity index is 2.29. The summed E-state index contributed by atoms with van der Waals surface area (Å²) in [5.74, 6) is 0.876. The maximum Gasteiger partial charge on any atom is 0.123 e. The fourth-order valence-electron chi connectivity index (χ4n) is 1.92. The van der Waals surface area contributed by atoms with E-state index in [2.05, 4.69) is 11.8 Å². The van der Waals surface area contributed by atoms with Gasteiger partial charge in [-0.05, 0) is 31.8 Å². The third-order valence-electron chi connectivity index (χ3n) is 2.81. The van der Waals surface area contributed by atoms with Gasteiger partial charge in [-0.3, -0.25) is 0 Å². The molecule has 0 saturated carbocycles. The number of carbonyl (C=O) groups excluding carboxylic acids is 1. The monoisotopic (exact) mass is 169 g/mol. The van der Waals surface area contributed by atoms with Crippen LogP contribution < -0.4 is 0 Å². The van der Waals surface area contributed by atoms with Gasteiger partial charge in [-0.25, -0.2) is 0 Å². The van der Waals surface area contributed by atoms with Crippen LogP contribution in [0.3, 0.4) is 0 Å². The number of hydrogen-bond donors (Lipinski definition) is 0. The van der Waals surface area contributed by atoms with E-state index in [1.807, 2.05) is 6.92 Å². The summed E-state index contributed by atoms with van der Waals surface area (Å²) in [7, 11) is 0. The second-order valence-electron chi connectivity index (χ2n) is 3.84. The van der Waals surface area contributed by atoms with Gasteiger partial charge in [-0.15, -0.1) is 0 Å². The molecule has 0 N–H and O–H groups in total. The van der Waals surface area contributed by atoms with Crippen LogP contribution in [0.15, 0.2) is 0 Å². The van der Waals surface area contributed by atoms with E-state index in [-0.39, 0.29) is 5.92 Å². The van der Waals surface area contributed by atoms with Gasteiger partial charge in [-0.2, -0.15) is 0 Å². The molecular weight excluding hydrogens is 150 g/mol. The third kappa shape index (κ3) is 2.31. The molecule has 1 heterocycles. The molecule has 0 spiro atoms. The first-order chi connectivity index (χ1) is 5.77. The summed E-state index contributed by atoms with van der Waals surface area (Å²) < 4.78 is 0. The standard InChI is InChI=1S/C10H19NO/c1-3-5-11-6-4-10(7-11)9(2)8-12/h8-10H,3-7H2,1-2H3. The molecule has 0 aromatic carbocycles. The van der Waals surface area contributed by atoms with Crippen LogP contribution in [0, 0.1) is 11.8 Å². The van der Waals surface area contributed by atoms with Gasteiger partial charge in [0.15, 0.2) is 0 Å². The average Bonchev–Trinajstić information content (AvgIpc) is 2.52. The van der Waals surface area contributed by atoms with Gasteiger partial charge in [0.2, 0.25) is 0 Å². The molecule has 2 atom stereocenters. The molecule has 2 heteroatoms. The second-order valence-corrected chi connectivity index (χ2v) is 3.84. The average molecular weight is 169 g/mol. The second kappa shape index (κ2) is 4.61. The molecule has 1 aliphatic heterocycles. The maximum atomic E-state index is 10.5. The lowest BCUT2D eigenvalue weighted by molar-refractivity contribution is -0.111. The lowest BCUT2D eigenvalue weighted by Gasteiger charge is -2.15. The summed E-state index contributed by atoms with van der Waals surface area (Å²) >= 11 is 0. The van der Waals surface area contributed by atoms with Crippen molar-refractivity contribution in [3.05, 3.63) is 0 Å².